The van der Waals surface area contributed by atoms with Crippen molar-refractivity contribution in [3.05, 3.63) is 93.4 Å². The Morgan fingerprint density at radius 3 is 1.79 bits per heavy atom. The zero-order valence-corrected chi connectivity index (χ0v) is 22.1. The minimum atomic E-state index is -1.60. The van der Waals surface area contributed by atoms with E-state index in [0.29, 0.717) is 0 Å². The molecule has 0 fully saturated rings. The summed E-state index contributed by atoms with van der Waals surface area (Å²) in [7, 11) is 2.55. The number of carbonyl (C=O) groups excluding carboxylic acids is 2. The van der Waals surface area contributed by atoms with Crippen molar-refractivity contribution in [3.8, 4) is 0 Å². The molecule has 2 N–H and O–H groups in total. The highest BCUT2D eigenvalue weighted by atomic mass is 79.9. The summed E-state index contributed by atoms with van der Waals surface area (Å²) < 4.78 is 12.1. The predicted octanol–water partition coefficient (Wildman–Crippen LogP) is 6.20. The van der Waals surface area contributed by atoms with E-state index >= 15 is 0 Å². The van der Waals surface area contributed by atoms with Crippen LogP contribution in [0.15, 0.2) is 87.8 Å². The molecule has 0 aliphatic carbocycles. The molecular formula is C26H26Br2N2O4. The summed E-state index contributed by atoms with van der Waals surface area (Å²) in [6, 6.07) is 24.5. The Morgan fingerprint density at radius 2 is 1.29 bits per heavy atom. The number of nitrogens with one attached hydrogen (secondary N) is 2. The summed E-state index contributed by atoms with van der Waals surface area (Å²) in [6.07, 6.45) is 0.107. The van der Waals surface area contributed by atoms with E-state index in [0.717, 1.165) is 25.9 Å². The molecule has 0 aromatic heterocycles. The lowest BCUT2D eigenvalue weighted by Crippen LogP contribution is -2.48. The highest BCUT2D eigenvalue weighted by molar-refractivity contribution is 9.10. The van der Waals surface area contributed by atoms with E-state index in [1.807, 2.05) is 78.9 Å². The number of halogens is 2. The lowest BCUT2D eigenvalue weighted by atomic mass is 9.79. The first kappa shape index (κ1) is 25.8. The third-order valence-electron chi connectivity index (χ3n) is 5.53. The third kappa shape index (κ3) is 6.39. The smallest absolute Gasteiger partial charge is 0.325 e. The van der Waals surface area contributed by atoms with Gasteiger partial charge in [-0.25, -0.2) is 0 Å². The molecular weight excluding hydrogens is 564 g/mol. The quantitative estimate of drug-likeness (QED) is 0.217. The molecule has 1 atom stereocenters. The first-order valence-electron chi connectivity index (χ1n) is 10.6. The highest BCUT2D eigenvalue weighted by Gasteiger charge is 2.50. The maximum Gasteiger partial charge on any atom is 0.325 e. The summed E-state index contributed by atoms with van der Waals surface area (Å²) >= 11 is 6.86. The van der Waals surface area contributed by atoms with E-state index in [1.54, 1.807) is 0 Å². The van der Waals surface area contributed by atoms with E-state index in [4.69, 9.17) is 9.47 Å². The second kappa shape index (κ2) is 12.0. The van der Waals surface area contributed by atoms with Crippen LogP contribution in [0.5, 0.6) is 0 Å². The van der Waals surface area contributed by atoms with Gasteiger partial charge in [0.2, 0.25) is 0 Å². The number of benzene rings is 3. The zero-order valence-electron chi connectivity index (χ0n) is 18.9. The van der Waals surface area contributed by atoms with Crippen LogP contribution in [-0.2, 0) is 19.1 Å². The minimum absolute atomic E-state index is 0.000664. The molecule has 3 aromatic rings. The van der Waals surface area contributed by atoms with Gasteiger partial charge in [0, 0.05) is 33.3 Å². The Labute approximate surface area is 216 Å². The fourth-order valence-corrected chi connectivity index (χ4v) is 4.24. The molecule has 8 heteroatoms. The number of hydrogen-bond donors (Lipinski definition) is 2. The second-order valence-corrected chi connectivity index (χ2v) is 9.58. The van der Waals surface area contributed by atoms with Crippen LogP contribution in [0.1, 0.15) is 18.0 Å². The van der Waals surface area contributed by atoms with Crippen molar-refractivity contribution in [1.29, 1.82) is 0 Å². The minimum Gasteiger partial charge on any atom is -0.468 e. The number of esters is 2. The molecule has 0 spiro atoms. The van der Waals surface area contributed by atoms with Gasteiger partial charge in [-0.2, -0.15) is 0 Å². The average Bonchev–Trinajstić information content (AvgIpc) is 2.87. The van der Waals surface area contributed by atoms with Gasteiger partial charge in [-0.05, 0) is 54.1 Å². The standard InChI is InChI=1S/C26H26Br2N2O4/c1-33-24(31)26(25(32)34-2,17-29-21-12-8-19(27)9-13-21)16-23(18-6-4-3-5-7-18)30-22-14-10-20(28)11-15-22/h3-15,23,29-30H,16-17H2,1-2H3. The SMILES string of the molecule is COC(=O)C(CNc1ccc(Br)cc1)(CC(Nc1ccc(Br)cc1)c1ccccc1)C(=O)OC. The molecule has 0 aliphatic rings. The average molecular weight is 590 g/mol. The van der Waals surface area contributed by atoms with Gasteiger partial charge < -0.3 is 20.1 Å². The fraction of sp³-hybridized carbons (Fsp3) is 0.231. The molecule has 0 saturated carbocycles. The van der Waals surface area contributed by atoms with Gasteiger partial charge in [0.05, 0.1) is 20.3 Å². The van der Waals surface area contributed by atoms with Gasteiger partial charge in [0.25, 0.3) is 0 Å². The Balaban J connectivity index is 1.99. The van der Waals surface area contributed by atoms with Crippen LogP contribution in [0.2, 0.25) is 0 Å². The Hall–Kier alpha value is -2.84. The van der Waals surface area contributed by atoms with Crippen molar-refractivity contribution in [1.82, 2.24) is 0 Å². The summed E-state index contributed by atoms with van der Waals surface area (Å²) in [5, 5.41) is 6.69. The van der Waals surface area contributed by atoms with Crippen LogP contribution in [0, 0.1) is 5.41 Å². The van der Waals surface area contributed by atoms with Crippen molar-refractivity contribution < 1.29 is 19.1 Å². The molecule has 0 radical (unpaired) electrons. The molecule has 178 valence electrons. The summed E-state index contributed by atoms with van der Waals surface area (Å²) in [5.41, 5.74) is 0.935. The van der Waals surface area contributed by atoms with E-state index in [1.165, 1.54) is 14.2 Å². The Kier molecular flexibility index (Phi) is 9.12. The van der Waals surface area contributed by atoms with E-state index in [9.17, 15) is 9.59 Å². The van der Waals surface area contributed by atoms with Crippen molar-refractivity contribution in [3.63, 3.8) is 0 Å². The topological polar surface area (TPSA) is 76.7 Å². The molecule has 0 amide bonds. The molecule has 3 rings (SSSR count). The Bertz CT molecular complexity index is 1070. The van der Waals surface area contributed by atoms with Gasteiger partial charge >= 0.3 is 11.9 Å². The van der Waals surface area contributed by atoms with E-state index in [-0.39, 0.29) is 19.0 Å². The number of methoxy groups -OCH3 is 2. The first-order valence-corrected chi connectivity index (χ1v) is 12.2. The van der Waals surface area contributed by atoms with Crippen LogP contribution in [-0.4, -0.2) is 32.7 Å². The molecule has 0 bridgehead atoms. The maximum atomic E-state index is 13.2. The summed E-state index contributed by atoms with van der Waals surface area (Å²) in [4.78, 5) is 26.3. The number of carbonyl (C=O) groups is 2. The lowest BCUT2D eigenvalue weighted by molar-refractivity contribution is -0.168. The zero-order chi connectivity index (χ0) is 24.6. The fourth-order valence-electron chi connectivity index (χ4n) is 3.71. The van der Waals surface area contributed by atoms with E-state index < -0.39 is 17.4 Å². The second-order valence-electron chi connectivity index (χ2n) is 7.74. The third-order valence-corrected chi connectivity index (χ3v) is 6.59. The molecule has 3 aromatic carbocycles. The molecule has 34 heavy (non-hydrogen) atoms. The molecule has 0 heterocycles. The highest BCUT2D eigenvalue weighted by Crippen LogP contribution is 2.36. The monoisotopic (exact) mass is 588 g/mol. The van der Waals surface area contributed by atoms with Gasteiger partial charge in [0.15, 0.2) is 5.41 Å². The number of ether oxygens (including phenoxy) is 2. The first-order chi connectivity index (χ1) is 16.4. The molecule has 0 saturated heterocycles. The van der Waals surface area contributed by atoms with Crippen LogP contribution >= 0.6 is 31.9 Å². The van der Waals surface area contributed by atoms with Crippen molar-refractivity contribution >= 4 is 55.2 Å². The van der Waals surface area contributed by atoms with Crippen LogP contribution in [0.25, 0.3) is 0 Å². The van der Waals surface area contributed by atoms with Crippen LogP contribution in [0.3, 0.4) is 0 Å². The van der Waals surface area contributed by atoms with Crippen molar-refractivity contribution in [2.45, 2.75) is 12.5 Å². The molecule has 1 unspecified atom stereocenters. The molecule has 6 nitrogen and oxygen atoms in total. The van der Waals surface area contributed by atoms with Gasteiger partial charge in [-0.1, -0.05) is 62.2 Å². The van der Waals surface area contributed by atoms with Crippen LogP contribution in [0.4, 0.5) is 11.4 Å². The summed E-state index contributed by atoms with van der Waals surface area (Å²) in [6.45, 7) is -0.000664. The van der Waals surface area contributed by atoms with Gasteiger partial charge in [-0.3, -0.25) is 9.59 Å². The number of anilines is 2. The largest absolute Gasteiger partial charge is 0.468 e. The number of rotatable bonds is 10. The maximum absolute atomic E-state index is 13.2. The summed E-state index contributed by atoms with van der Waals surface area (Å²) in [5.74, 6) is -1.33. The lowest BCUT2D eigenvalue weighted by Gasteiger charge is -2.33. The van der Waals surface area contributed by atoms with Crippen LogP contribution < -0.4 is 10.6 Å². The predicted molar refractivity (Wildman–Crippen MR) is 141 cm³/mol. The van der Waals surface area contributed by atoms with Crippen molar-refractivity contribution in [2.75, 3.05) is 31.4 Å². The van der Waals surface area contributed by atoms with E-state index in [2.05, 4.69) is 42.5 Å². The normalized spacial score (nSPS) is 11.9. The number of hydrogen-bond acceptors (Lipinski definition) is 6. The Morgan fingerprint density at radius 1 is 0.794 bits per heavy atom. The molecule has 0 aliphatic heterocycles. The van der Waals surface area contributed by atoms with Crippen molar-refractivity contribution in [2.24, 2.45) is 5.41 Å². The van der Waals surface area contributed by atoms with Gasteiger partial charge in [-0.15, -0.1) is 0 Å². The van der Waals surface area contributed by atoms with Gasteiger partial charge in [0.1, 0.15) is 0 Å².